The van der Waals surface area contributed by atoms with Crippen molar-refractivity contribution in [1.82, 2.24) is 5.32 Å². The normalized spacial score (nSPS) is 14.2. The molecule has 1 amide bonds. The summed E-state index contributed by atoms with van der Waals surface area (Å²) in [4.78, 5) is 25.4. The van der Waals surface area contributed by atoms with E-state index in [9.17, 15) is 19.4 Å². The summed E-state index contributed by atoms with van der Waals surface area (Å²) in [6.45, 7) is 4.73. The van der Waals surface area contributed by atoms with Crippen LogP contribution in [0.15, 0.2) is 12.2 Å². The Labute approximate surface area is 367 Å². The van der Waals surface area contributed by atoms with E-state index in [-0.39, 0.29) is 19.1 Å². The van der Waals surface area contributed by atoms with Gasteiger partial charge in [-0.15, -0.1) is 0 Å². The Bertz CT molecular complexity index is 974. The number of nitrogens with one attached hydrogen (secondary N) is 1. The van der Waals surface area contributed by atoms with Crippen LogP contribution in [0.4, 0.5) is 0 Å². The molecule has 0 aliphatic carbocycles. The highest BCUT2D eigenvalue weighted by atomic mass is 31.2. The number of unbranched alkanes of at least 4 members (excludes halogenated alkanes) is 32. The summed E-state index contributed by atoms with van der Waals surface area (Å²) < 4.78 is 23.3. The van der Waals surface area contributed by atoms with Crippen LogP contribution in [0, 0.1) is 0 Å². The number of nitrogens with zero attached hydrogens (tertiary/aromatic N) is 1. The smallest absolute Gasteiger partial charge is 0.268 e. The van der Waals surface area contributed by atoms with E-state index in [0.29, 0.717) is 23.9 Å². The maximum atomic E-state index is 12.9. The molecule has 3 unspecified atom stereocenters. The number of allylic oxidation sites excluding steroid dienone is 2. The molecular weight excluding hydrogens is 756 g/mol. The molecule has 0 rings (SSSR count). The van der Waals surface area contributed by atoms with E-state index in [1.54, 1.807) is 0 Å². The summed E-state index contributed by atoms with van der Waals surface area (Å²) in [6, 6.07) is -0.796. The Hall–Kier alpha value is -0.760. The van der Waals surface area contributed by atoms with Gasteiger partial charge in [0.25, 0.3) is 7.82 Å². The number of quaternary nitrogens is 1. The number of phosphoric acid groups is 1. The molecule has 0 aromatic rings. The summed E-state index contributed by atoms with van der Waals surface area (Å²) in [5, 5.41) is 13.9. The molecule has 0 saturated heterocycles. The van der Waals surface area contributed by atoms with Crippen molar-refractivity contribution >= 4 is 13.7 Å². The maximum absolute atomic E-state index is 12.9. The van der Waals surface area contributed by atoms with Crippen LogP contribution in [0.5, 0.6) is 0 Å². The van der Waals surface area contributed by atoms with Crippen molar-refractivity contribution in [3.63, 3.8) is 0 Å². The van der Waals surface area contributed by atoms with Crippen molar-refractivity contribution in [2.75, 3.05) is 40.9 Å². The van der Waals surface area contributed by atoms with E-state index in [0.717, 1.165) is 38.5 Å². The lowest BCUT2D eigenvalue weighted by Gasteiger charge is -2.30. The van der Waals surface area contributed by atoms with Crippen molar-refractivity contribution in [2.45, 2.75) is 264 Å². The van der Waals surface area contributed by atoms with E-state index in [1.165, 1.54) is 186 Å². The SMILES string of the molecule is CCCCCCCCCCCCCC/C=C\CCCCCCCCCCCCC(=O)NC(COP(=O)([O-])OCC[N+](C)(C)C)C(O)CCCCCCCCCCCCC. The first-order valence-corrected chi connectivity index (χ1v) is 27.0. The summed E-state index contributed by atoms with van der Waals surface area (Å²) >= 11 is 0. The monoisotopic (exact) mass is 857 g/mol. The van der Waals surface area contributed by atoms with Crippen LogP contribution < -0.4 is 10.2 Å². The highest BCUT2D eigenvalue weighted by Gasteiger charge is 2.24. The van der Waals surface area contributed by atoms with Crippen molar-refractivity contribution in [2.24, 2.45) is 0 Å². The topological polar surface area (TPSA) is 108 Å². The largest absolute Gasteiger partial charge is 0.756 e. The second-order valence-electron chi connectivity index (χ2n) is 18.9. The van der Waals surface area contributed by atoms with Crippen LogP contribution in [0.3, 0.4) is 0 Å². The molecule has 0 saturated carbocycles. The van der Waals surface area contributed by atoms with Gasteiger partial charge in [0.1, 0.15) is 13.2 Å². The zero-order valence-electron chi connectivity index (χ0n) is 40.0. The second kappa shape index (κ2) is 42.5. The van der Waals surface area contributed by atoms with Gasteiger partial charge in [0, 0.05) is 6.42 Å². The molecule has 9 heteroatoms. The van der Waals surface area contributed by atoms with Gasteiger partial charge in [0.2, 0.25) is 5.91 Å². The lowest BCUT2D eigenvalue weighted by molar-refractivity contribution is -0.870. The summed E-state index contributed by atoms with van der Waals surface area (Å²) in [7, 11) is 1.31. The third-order valence-electron chi connectivity index (χ3n) is 11.8. The van der Waals surface area contributed by atoms with Crippen LogP contribution in [-0.4, -0.2) is 68.5 Å². The number of phosphoric ester groups is 1. The molecule has 0 radical (unpaired) electrons. The number of amides is 1. The van der Waals surface area contributed by atoms with Crippen LogP contribution >= 0.6 is 7.82 Å². The molecule has 0 aliphatic rings. The van der Waals surface area contributed by atoms with E-state index >= 15 is 0 Å². The first-order chi connectivity index (χ1) is 28.5. The van der Waals surface area contributed by atoms with Crippen molar-refractivity contribution in [3.05, 3.63) is 12.2 Å². The first-order valence-electron chi connectivity index (χ1n) is 25.5. The molecule has 8 nitrogen and oxygen atoms in total. The molecule has 2 N–H and O–H groups in total. The van der Waals surface area contributed by atoms with E-state index in [2.05, 4.69) is 31.3 Å². The Morgan fingerprint density at radius 1 is 0.576 bits per heavy atom. The highest BCUT2D eigenvalue weighted by Crippen LogP contribution is 2.38. The first kappa shape index (κ1) is 58.2. The van der Waals surface area contributed by atoms with Crippen molar-refractivity contribution in [1.29, 1.82) is 0 Å². The lowest BCUT2D eigenvalue weighted by atomic mass is 10.0. The average Bonchev–Trinajstić information content (AvgIpc) is 3.19. The number of aliphatic hydroxyl groups excluding tert-OH is 1. The summed E-state index contributed by atoms with van der Waals surface area (Å²) in [5.41, 5.74) is 0. The van der Waals surface area contributed by atoms with Gasteiger partial charge in [-0.25, -0.2) is 0 Å². The third kappa shape index (κ3) is 45.1. The van der Waals surface area contributed by atoms with Gasteiger partial charge in [-0.3, -0.25) is 9.36 Å². The molecule has 0 heterocycles. The second-order valence-corrected chi connectivity index (χ2v) is 20.3. The molecule has 0 bridgehead atoms. The Kier molecular flexibility index (Phi) is 42.0. The quantitative estimate of drug-likeness (QED) is 0.0273. The lowest BCUT2D eigenvalue weighted by Crippen LogP contribution is -2.46. The maximum Gasteiger partial charge on any atom is 0.268 e. The zero-order valence-corrected chi connectivity index (χ0v) is 40.9. The minimum atomic E-state index is -4.56. The van der Waals surface area contributed by atoms with Gasteiger partial charge in [-0.05, 0) is 38.5 Å². The fourth-order valence-electron chi connectivity index (χ4n) is 7.68. The number of carbonyl (C=O) groups is 1. The minimum absolute atomic E-state index is 0.0139. The van der Waals surface area contributed by atoms with Gasteiger partial charge >= 0.3 is 0 Å². The highest BCUT2D eigenvalue weighted by molar-refractivity contribution is 7.45. The summed E-state index contributed by atoms with van der Waals surface area (Å²) in [5.74, 6) is -0.164. The van der Waals surface area contributed by atoms with Gasteiger partial charge in [0.15, 0.2) is 0 Å². The van der Waals surface area contributed by atoms with E-state index < -0.39 is 20.0 Å². The summed E-state index contributed by atoms with van der Waals surface area (Å²) in [6.07, 6.45) is 49.5. The number of hydrogen-bond donors (Lipinski definition) is 2. The number of likely N-dealkylation sites (N-methyl/N-ethyl adjacent to an activating group) is 1. The minimum Gasteiger partial charge on any atom is -0.756 e. The van der Waals surface area contributed by atoms with E-state index in [4.69, 9.17) is 9.05 Å². The predicted octanol–water partition coefficient (Wildman–Crippen LogP) is 14.1. The van der Waals surface area contributed by atoms with Crippen molar-refractivity contribution < 1.29 is 32.9 Å². The van der Waals surface area contributed by atoms with Crippen LogP contribution in [0.1, 0.15) is 251 Å². The fraction of sp³-hybridized carbons (Fsp3) is 0.940. The standard InChI is InChI=1S/C50H101N2O6P/c1-6-8-10-12-14-16-18-19-20-21-22-23-24-25-26-27-28-29-30-31-32-34-36-38-40-42-44-50(54)51-48(47-58-59(55,56)57-46-45-52(3,4)5)49(53)43-41-39-37-35-33-17-15-13-11-9-7-2/h25-26,48-49,53H,6-24,27-47H2,1-5H3,(H-,51,54,55,56)/b26-25-. The number of carbonyl (C=O) groups excluding carboxylic acids is 1. The molecule has 59 heavy (non-hydrogen) atoms. The Morgan fingerprint density at radius 3 is 1.32 bits per heavy atom. The predicted molar refractivity (Wildman–Crippen MR) is 252 cm³/mol. The van der Waals surface area contributed by atoms with Crippen LogP contribution in [0.25, 0.3) is 0 Å². The fourth-order valence-corrected chi connectivity index (χ4v) is 8.41. The molecule has 3 atom stereocenters. The van der Waals surface area contributed by atoms with Gasteiger partial charge in [-0.1, -0.05) is 219 Å². The zero-order chi connectivity index (χ0) is 43.6. The Morgan fingerprint density at radius 2 is 0.932 bits per heavy atom. The van der Waals surface area contributed by atoms with Crippen LogP contribution in [-0.2, 0) is 18.4 Å². The van der Waals surface area contributed by atoms with Gasteiger partial charge in [-0.2, -0.15) is 0 Å². The molecule has 0 spiro atoms. The van der Waals surface area contributed by atoms with E-state index in [1.807, 2.05) is 21.1 Å². The third-order valence-corrected chi connectivity index (χ3v) is 12.7. The molecule has 0 aromatic heterocycles. The number of hydrogen-bond acceptors (Lipinski definition) is 6. The molecule has 0 aromatic carbocycles. The molecule has 0 aliphatic heterocycles. The van der Waals surface area contributed by atoms with Gasteiger partial charge < -0.3 is 28.8 Å². The number of rotatable bonds is 47. The van der Waals surface area contributed by atoms with Gasteiger partial charge in [0.05, 0.1) is 39.9 Å². The Balaban J connectivity index is 4.09. The average molecular weight is 857 g/mol. The van der Waals surface area contributed by atoms with Crippen molar-refractivity contribution in [3.8, 4) is 0 Å². The number of aliphatic hydroxyl groups is 1. The molecule has 352 valence electrons. The van der Waals surface area contributed by atoms with Crippen LogP contribution in [0.2, 0.25) is 0 Å². The molecule has 0 fully saturated rings. The molecular formula is C50H101N2O6P.